The molecule has 0 aliphatic heterocycles. The first-order valence-corrected chi connectivity index (χ1v) is 11.7. The minimum atomic E-state index is -0.430. The Kier molecular flexibility index (Phi) is 5.76. The summed E-state index contributed by atoms with van der Waals surface area (Å²) in [4.78, 5) is 39.3. The molecule has 166 valence electrons. The van der Waals surface area contributed by atoms with E-state index in [0.717, 1.165) is 20.8 Å². The number of fused-ring (bicyclic) bond motifs is 1. The monoisotopic (exact) mass is 471 g/mol. The van der Waals surface area contributed by atoms with E-state index in [4.69, 9.17) is 4.98 Å². The number of rotatable bonds is 4. The van der Waals surface area contributed by atoms with E-state index in [1.54, 1.807) is 19.2 Å². The van der Waals surface area contributed by atoms with Crippen LogP contribution in [0.1, 0.15) is 32.3 Å². The van der Waals surface area contributed by atoms with E-state index in [0.29, 0.717) is 27.6 Å². The lowest BCUT2D eigenvalue weighted by molar-refractivity contribution is 0.539. The molecule has 0 amide bonds. The van der Waals surface area contributed by atoms with Gasteiger partial charge >= 0.3 is 5.69 Å². The molecule has 0 fully saturated rings. The van der Waals surface area contributed by atoms with Gasteiger partial charge in [0.15, 0.2) is 5.65 Å². The first-order chi connectivity index (χ1) is 15.1. The average Bonchev–Trinajstić information content (AvgIpc) is 3.23. The fourth-order valence-corrected chi connectivity index (χ4v) is 4.95. The molecule has 1 aromatic carbocycles. The van der Waals surface area contributed by atoms with Gasteiger partial charge in [0, 0.05) is 36.2 Å². The van der Waals surface area contributed by atoms with Crippen molar-refractivity contribution < 1.29 is 4.39 Å². The van der Waals surface area contributed by atoms with E-state index >= 15 is 0 Å². The van der Waals surface area contributed by atoms with Crippen LogP contribution in [0.2, 0.25) is 0 Å². The molecule has 0 bridgehead atoms. The second-order valence-electron chi connectivity index (χ2n) is 8.45. The van der Waals surface area contributed by atoms with Crippen molar-refractivity contribution in [2.45, 2.75) is 37.0 Å². The molecule has 0 radical (unpaired) electrons. The van der Waals surface area contributed by atoms with Crippen molar-refractivity contribution in [3.63, 3.8) is 0 Å². The molecule has 3 aromatic heterocycles. The lowest BCUT2D eigenvalue weighted by Gasteiger charge is -2.19. The van der Waals surface area contributed by atoms with Gasteiger partial charge in [-0.15, -0.1) is 11.3 Å². The van der Waals surface area contributed by atoms with E-state index in [2.05, 4.69) is 9.97 Å². The number of thioether (sulfide) groups is 1. The summed E-state index contributed by atoms with van der Waals surface area (Å²) in [6, 6.07) is 6.21. The Morgan fingerprint density at radius 2 is 1.72 bits per heavy atom. The molecule has 0 saturated carbocycles. The van der Waals surface area contributed by atoms with Crippen LogP contribution in [0.3, 0.4) is 0 Å². The predicted molar refractivity (Wildman–Crippen MR) is 126 cm³/mol. The van der Waals surface area contributed by atoms with Crippen LogP contribution >= 0.6 is 23.1 Å². The molecular formula is C22H22FN5O2S2. The summed E-state index contributed by atoms with van der Waals surface area (Å²) in [6.07, 6.45) is 0. The van der Waals surface area contributed by atoms with Crippen molar-refractivity contribution in [2.75, 3.05) is 0 Å². The van der Waals surface area contributed by atoms with Crippen LogP contribution in [-0.2, 0) is 25.3 Å². The van der Waals surface area contributed by atoms with Gasteiger partial charge in [0.25, 0.3) is 5.56 Å². The molecule has 0 aliphatic rings. The Balaban J connectivity index is 1.75. The van der Waals surface area contributed by atoms with E-state index in [1.165, 1.54) is 46.8 Å². The highest BCUT2D eigenvalue weighted by Gasteiger charge is 2.23. The second kappa shape index (κ2) is 8.25. The Hall–Kier alpha value is -2.85. The average molecular weight is 472 g/mol. The number of halogens is 1. The van der Waals surface area contributed by atoms with Crippen molar-refractivity contribution >= 4 is 34.1 Å². The number of benzene rings is 1. The third kappa shape index (κ3) is 4.12. The van der Waals surface area contributed by atoms with Gasteiger partial charge in [-0.3, -0.25) is 13.9 Å². The lowest BCUT2D eigenvalue weighted by atomic mass is 9.96. The highest BCUT2D eigenvalue weighted by molar-refractivity contribution is 7.98. The Labute approximate surface area is 192 Å². The minimum absolute atomic E-state index is 0.289. The molecule has 4 rings (SSSR count). The molecule has 0 saturated heterocycles. The number of hydrogen-bond acceptors (Lipinski definition) is 7. The lowest BCUT2D eigenvalue weighted by Crippen LogP contribution is -2.38. The molecule has 0 atom stereocenters. The summed E-state index contributed by atoms with van der Waals surface area (Å²) < 4.78 is 15.6. The molecule has 7 nitrogen and oxygen atoms in total. The summed E-state index contributed by atoms with van der Waals surface area (Å²) in [5.74, 6) is 0.753. The standard InChI is InChI=1S/C22H22FN5O2S2/c1-22(2,3)20-25-16-15(19(29)28(5)21(30)27(16)4)18(26-20)32-11-14-10-31-17(24-14)12-6-8-13(23)9-7-12/h6-10H,11H2,1-5H3. The zero-order valence-corrected chi connectivity index (χ0v) is 20.0. The molecule has 0 spiro atoms. The van der Waals surface area contributed by atoms with Gasteiger partial charge < -0.3 is 0 Å². The first kappa shape index (κ1) is 22.3. The zero-order chi connectivity index (χ0) is 23.2. The normalized spacial score (nSPS) is 11.9. The largest absolute Gasteiger partial charge is 0.332 e. The SMILES string of the molecule is Cn1c(=O)c2c(SCc3csc(-c4ccc(F)cc4)n3)nc(C(C)(C)C)nc2n(C)c1=O. The van der Waals surface area contributed by atoms with E-state index in [1.807, 2.05) is 26.2 Å². The molecule has 3 heterocycles. The van der Waals surface area contributed by atoms with Gasteiger partial charge in [0.05, 0.1) is 5.69 Å². The van der Waals surface area contributed by atoms with Crippen LogP contribution in [0.15, 0.2) is 44.3 Å². The van der Waals surface area contributed by atoms with Gasteiger partial charge in [0.2, 0.25) is 0 Å². The number of nitrogens with zero attached hydrogens (tertiary/aromatic N) is 5. The van der Waals surface area contributed by atoms with Crippen molar-refractivity contribution in [1.82, 2.24) is 24.1 Å². The Bertz CT molecular complexity index is 1430. The number of aromatic nitrogens is 5. The molecule has 10 heteroatoms. The van der Waals surface area contributed by atoms with Crippen LogP contribution in [0.4, 0.5) is 4.39 Å². The quantitative estimate of drug-likeness (QED) is 0.332. The molecule has 32 heavy (non-hydrogen) atoms. The maximum atomic E-state index is 13.2. The van der Waals surface area contributed by atoms with Gasteiger partial charge in [-0.25, -0.2) is 24.1 Å². The van der Waals surface area contributed by atoms with Crippen molar-refractivity contribution in [2.24, 2.45) is 14.1 Å². The minimum Gasteiger partial charge on any atom is -0.280 e. The topological polar surface area (TPSA) is 82.7 Å². The number of aryl methyl sites for hydroxylation is 1. The summed E-state index contributed by atoms with van der Waals surface area (Å²) >= 11 is 2.86. The summed E-state index contributed by atoms with van der Waals surface area (Å²) in [6.45, 7) is 5.95. The van der Waals surface area contributed by atoms with Gasteiger partial charge in [0.1, 0.15) is 27.1 Å². The summed E-state index contributed by atoms with van der Waals surface area (Å²) in [5.41, 5.74) is 0.781. The smallest absolute Gasteiger partial charge is 0.280 e. The molecule has 0 unspecified atom stereocenters. The predicted octanol–water partition coefficient (Wildman–Crippen LogP) is 3.88. The molecule has 0 N–H and O–H groups in total. The van der Waals surface area contributed by atoms with Gasteiger partial charge in [-0.1, -0.05) is 32.5 Å². The van der Waals surface area contributed by atoms with Gasteiger partial charge in [-0.05, 0) is 24.3 Å². The van der Waals surface area contributed by atoms with Crippen molar-refractivity contribution in [3.05, 3.63) is 67.8 Å². The highest BCUT2D eigenvalue weighted by atomic mass is 32.2. The fraction of sp³-hybridized carbons (Fsp3) is 0.318. The second-order valence-corrected chi connectivity index (χ2v) is 10.3. The third-order valence-corrected chi connectivity index (χ3v) is 6.89. The van der Waals surface area contributed by atoms with E-state index in [-0.39, 0.29) is 11.2 Å². The van der Waals surface area contributed by atoms with Crippen LogP contribution in [0.5, 0.6) is 0 Å². The van der Waals surface area contributed by atoms with Crippen molar-refractivity contribution in [1.29, 1.82) is 0 Å². The summed E-state index contributed by atoms with van der Waals surface area (Å²) in [7, 11) is 3.05. The molecule has 4 aromatic rings. The fourth-order valence-electron chi connectivity index (χ4n) is 3.11. The Morgan fingerprint density at radius 3 is 2.38 bits per heavy atom. The highest BCUT2D eigenvalue weighted by Crippen LogP contribution is 2.31. The van der Waals surface area contributed by atoms with Gasteiger partial charge in [-0.2, -0.15) is 0 Å². The summed E-state index contributed by atoms with van der Waals surface area (Å²) in [5, 5.41) is 3.57. The maximum absolute atomic E-state index is 13.2. The molecular weight excluding hydrogens is 449 g/mol. The third-order valence-electron chi connectivity index (χ3n) is 4.94. The first-order valence-electron chi connectivity index (χ1n) is 9.87. The van der Waals surface area contributed by atoms with E-state index in [9.17, 15) is 14.0 Å². The van der Waals surface area contributed by atoms with Crippen LogP contribution in [0, 0.1) is 5.82 Å². The Morgan fingerprint density at radius 1 is 1.03 bits per heavy atom. The number of hydrogen-bond donors (Lipinski definition) is 0. The zero-order valence-electron chi connectivity index (χ0n) is 18.3. The van der Waals surface area contributed by atoms with Crippen molar-refractivity contribution in [3.8, 4) is 10.6 Å². The number of thiazole rings is 1. The van der Waals surface area contributed by atoms with Crippen LogP contribution < -0.4 is 11.2 Å². The maximum Gasteiger partial charge on any atom is 0.332 e. The van der Waals surface area contributed by atoms with Crippen LogP contribution in [-0.4, -0.2) is 24.1 Å². The van der Waals surface area contributed by atoms with E-state index < -0.39 is 11.2 Å². The molecule has 0 aliphatic carbocycles. The van der Waals surface area contributed by atoms with Crippen LogP contribution in [0.25, 0.3) is 21.6 Å².